The number of hydrogen-bond donors (Lipinski definition) is 1. The second-order valence-corrected chi connectivity index (χ2v) is 3.33. The van der Waals surface area contributed by atoms with Gasteiger partial charge in [-0.3, -0.25) is 4.68 Å². The summed E-state index contributed by atoms with van der Waals surface area (Å²) in [7, 11) is 1.91. The van der Waals surface area contributed by atoms with Gasteiger partial charge >= 0.3 is 0 Å². The van der Waals surface area contributed by atoms with E-state index in [4.69, 9.17) is 11.6 Å². The number of nitrogens with zero attached hydrogens (tertiary/aromatic N) is 2. The molecule has 0 fully saturated rings. The molecule has 0 aliphatic heterocycles. The second-order valence-electron chi connectivity index (χ2n) is 3.11. The highest BCUT2D eigenvalue weighted by molar-refractivity contribution is 6.25. The summed E-state index contributed by atoms with van der Waals surface area (Å²) in [5, 5.41) is 7.46. The van der Waals surface area contributed by atoms with E-state index in [1.807, 2.05) is 27.1 Å². The van der Waals surface area contributed by atoms with Crippen molar-refractivity contribution in [1.29, 1.82) is 0 Å². The first kappa shape index (κ1) is 10.1. The van der Waals surface area contributed by atoms with E-state index in [1.165, 1.54) is 0 Å². The molecule has 0 saturated carbocycles. The normalized spacial score (nSPS) is 11.8. The van der Waals surface area contributed by atoms with Crippen molar-refractivity contribution >= 4 is 17.3 Å². The van der Waals surface area contributed by atoms with E-state index >= 15 is 0 Å². The van der Waals surface area contributed by atoms with E-state index in [1.54, 1.807) is 10.2 Å². The van der Waals surface area contributed by atoms with Crippen LogP contribution in [0.1, 0.15) is 12.6 Å². The minimum absolute atomic E-state index is 0.760. The van der Waals surface area contributed by atoms with Crippen LogP contribution < -0.4 is 5.32 Å². The van der Waals surface area contributed by atoms with Crippen LogP contribution in [0, 0.1) is 6.92 Å². The summed E-state index contributed by atoms with van der Waals surface area (Å²) >= 11 is 5.54. The Labute approximate surface area is 83.4 Å². The van der Waals surface area contributed by atoms with Gasteiger partial charge in [-0.25, -0.2) is 0 Å². The van der Waals surface area contributed by atoms with Gasteiger partial charge in [-0.05, 0) is 19.4 Å². The molecule has 3 nitrogen and oxygen atoms in total. The smallest absolute Gasteiger partial charge is 0.0825 e. The molecule has 0 bridgehead atoms. The molecule has 1 heterocycles. The number of hydrogen-bond acceptors (Lipinski definition) is 2. The molecule has 1 aromatic rings. The van der Waals surface area contributed by atoms with Crippen molar-refractivity contribution in [1.82, 2.24) is 9.78 Å². The Hall–Kier alpha value is -0.960. The highest BCUT2D eigenvalue weighted by atomic mass is 35.5. The molecule has 0 spiro atoms. The Kier molecular flexibility index (Phi) is 3.37. The van der Waals surface area contributed by atoms with Gasteiger partial charge in [-0.1, -0.05) is 11.6 Å². The van der Waals surface area contributed by atoms with Gasteiger partial charge in [0, 0.05) is 25.3 Å². The van der Waals surface area contributed by atoms with Crippen molar-refractivity contribution in [2.75, 3.05) is 11.9 Å². The quantitative estimate of drug-likeness (QED) is 0.810. The highest BCUT2D eigenvalue weighted by Crippen LogP contribution is 2.11. The van der Waals surface area contributed by atoms with Crippen LogP contribution in [0.15, 0.2) is 17.3 Å². The van der Waals surface area contributed by atoms with Crippen molar-refractivity contribution in [3.8, 4) is 0 Å². The predicted molar refractivity (Wildman–Crippen MR) is 56.0 cm³/mol. The van der Waals surface area contributed by atoms with E-state index in [-0.39, 0.29) is 0 Å². The third-order valence-electron chi connectivity index (χ3n) is 1.76. The maximum Gasteiger partial charge on any atom is 0.0825 e. The summed E-state index contributed by atoms with van der Waals surface area (Å²) in [6, 6.07) is 0. The minimum atomic E-state index is 0.760. The largest absolute Gasteiger partial charge is 0.379 e. The minimum Gasteiger partial charge on any atom is -0.379 e. The molecule has 72 valence electrons. The van der Waals surface area contributed by atoms with E-state index in [9.17, 15) is 0 Å². The van der Waals surface area contributed by atoms with Crippen molar-refractivity contribution < 1.29 is 0 Å². The van der Waals surface area contributed by atoms with Gasteiger partial charge in [-0.15, -0.1) is 0 Å². The summed E-state index contributed by atoms with van der Waals surface area (Å²) < 4.78 is 1.79. The fraction of sp³-hybridized carbons (Fsp3) is 0.444. The lowest BCUT2D eigenvalue weighted by molar-refractivity contribution is 0.756. The Morgan fingerprint density at radius 3 is 2.92 bits per heavy atom. The van der Waals surface area contributed by atoms with Crippen molar-refractivity contribution in [3.05, 3.63) is 23.0 Å². The van der Waals surface area contributed by atoms with Gasteiger partial charge in [0.2, 0.25) is 0 Å². The van der Waals surface area contributed by atoms with Gasteiger partial charge in [0.05, 0.1) is 11.4 Å². The lowest BCUT2D eigenvalue weighted by atomic mass is 10.3. The lowest BCUT2D eigenvalue weighted by Crippen LogP contribution is -2.02. The fourth-order valence-corrected chi connectivity index (χ4v) is 1.12. The molecule has 0 saturated heterocycles. The number of rotatable bonds is 3. The topological polar surface area (TPSA) is 29.9 Å². The number of aryl methyl sites for hydroxylation is 2. The molecule has 13 heavy (non-hydrogen) atoms. The van der Waals surface area contributed by atoms with Crippen LogP contribution in [0.3, 0.4) is 0 Å². The molecule has 1 rings (SSSR count). The molecule has 0 atom stereocenters. The van der Waals surface area contributed by atoms with Gasteiger partial charge < -0.3 is 5.32 Å². The Morgan fingerprint density at radius 2 is 2.46 bits per heavy atom. The zero-order chi connectivity index (χ0) is 9.84. The predicted octanol–water partition coefficient (Wildman–Crippen LogP) is 2.28. The van der Waals surface area contributed by atoms with Crippen LogP contribution >= 0.6 is 11.6 Å². The molecule has 4 heteroatoms. The number of halogens is 1. The average Bonchev–Trinajstić information content (AvgIpc) is 2.41. The lowest BCUT2D eigenvalue weighted by Gasteiger charge is -2.03. The maximum atomic E-state index is 5.54. The van der Waals surface area contributed by atoms with E-state index in [0.717, 1.165) is 23.5 Å². The Morgan fingerprint density at radius 1 is 1.77 bits per heavy atom. The number of anilines is 1. The summed E-state index contributed by atoms with van der Waals surface area (Å²) in [6.07, 6.45) is 1.96. The monoisotopic (exact) mass is 199 g/mol. The van der Waals surface area contributed by atoms with Crippen LogP contribution in [0.25, 0.3) is 0 Å². The first-order valence-corrected chi connectivity index (χ1v) is 4.57. The van der Waals surface area contributed by atoms with Gasteiger partial charge in [0.15, 0.2) is 0 Å². The number of nitrogens with one attached hydrogen (secondary N) is 1. The molecule has 0 radical (unpaired) electrons. The zero-order valence-corrected chi connectivity index (χ0v) is 8.89. The molecule has 0 aliphatic rings. The van der Waals surface area contributed by atoms with Crippen LogP contribution in [0.2, 0.25) is 0 Å². The van der Waals surface area contributed by atoms with Crippen molar-refractivity contribution in [2.24, 2.45) is 7.05 Å². The van der Waals surface area contributed by atoms with Crippen molar-refractivity contribution in [3.63, 3.8) is 0 Å². The van der Waals surface area contributed by atoms with Crippen LogP contribution in [0.4, 0.5) is 5.69 Å². The molecule has 1 N–H and O–H groups in total. The SMILES string of the molecule is CC(=CCl)CNc1cn(C)nc1C. The fourth-order valence-electron chi connectivity index (χ4n) is 1.05. The molecule has 0 unspecified atom stereocenters. The number of aromatic nitrogens is 2. The molecular weight excluding hydrogens is 186 g/mol. The molecular formula is C9H14ClN3. The van der Waals surface area contributed by atoms with Crippen molar-refractivity contribution in [2.45, 2.75) is 13.8 Å². The van der Waals surface area contributed by atoms with Gasteiger partial charge in [-0.2, -0.15) is 5.10 Å². The van der Waals surface area contributed by atoms with Crippen LogP contribution in [-0.4, -0.2) is 16.3 Å². The highest BCUT2D eigenvalue weighted by Gasteiger charge is 2.00. The van der Waals surface area contributed by atoms with E-state index in [2.05, 4.69) is 10.4 Å². The average molecular weight is 200 g/mol. The third kappa shape index (κ3) is 2.77. The summed E-state index contributed by atoms with van der Waals surface area (Å²) in [5.74, 6) is 0. The molecule has 0 aliphatic carbocycles. The van der Waals surface area contributed by atoms with E-state index in [0.29, 0.717) is 0 Å². The molecule has 0 aromatic carbocycles. The van der Waals surface area contributed by atoms with Crippen LogP contribution in [-0.2, 0) is 7.05 Å². The molecule has 1 aromatic heterocycles. The molecule has 0 amide bonds. The standard InChI is InChI=1S/C9H14ClN3/c1-7(4-10)5-11-9-6-13(3)12-8(9)2/h4,6,11H,5H2,1-3H3. The Bertz CT molecular complexity index is 315. The Balaban J connectivity index is 2.59. The second kappa shape index (κ2) is 4.33. The van der Waals surface area contributed by atoms with Gasteiger partial charge in [0.25, 0.3) is 0 Å². The summed E-state index contributed by atoms with van der Waals surface area (Å²) in [4.78, 5) is 0. The first-order valence-electron chi connectivity index (χ1n) is 4.13. The maximum absolute atomic E-state index is 5.54. The first-order chi connectivity index (χ1) is 6.13. The van der Waals surface area contributed by atoms with Gasteiger partial charge in [0.1, 0.15) is 0 Å². The summed E-state index contributed by atoms with van der Waals surface area (Å²) in [5.41, 5.74) is 4.74. The zero-order valence-electron chi connectivity index (χ0n) is 8.13. The third-order valence-corrected chi connectivity index (χ3v) is 2.13. The van der Waals surface area contributed by atoms with E-state index < -0.39 is 0 Å². The summed E-state index contributed by atoms with van der Waals surface area (Å²) in [6.45, 7) is 4.71. The van der Waals surface area contributed by atoms with Crippen LogP contribution in [0.5, 0.6) is 0 Å².